The van der Waals surface area contributed by atoms with Gasteiger partial charge in [-0.05, 0) is 41.7 Å². The highest BCUT2D eigenvalue weighted by Crippen LogP contribution is 2.46. The first-order valence-corrected chi connectivity index (χ1v) is 11.7. The normalized spacial score (nSPS) is 21.8. The maximum atomic E-state index is 5.54. The summed E-state index contributed by atoms with van der Waals surface area (Å²) in [6, 6.07) is 14.1. The minimum Gasteiger partial charge on any atom is -0.497 e. The van der Waals surface area contributed by atoms with E-state index < -0.39 is 0 Å². The summed E-state index contributed by atoms with van der Waals surface area (Å²) < 4.78 is 11.0. The molecule has 2 saturated heterocycles. The molecule has 3 heterocycles. The maximum Gasteiger partial charge on any atom is 0.120 e. The van der Waals surface area contributed by atoms with Crippen LogP contribution >= 0.6 is 0 Å². The molecular weight excluding hydrogens is 386 g/mol. The molecule has 2 aromatic rings. The molecule has 2 fully saturated rings. The second kappa shape index (κ2) is 8.45. The summed E-state index contributed by atoms with van der Waals surface area (Å²) in [4.78, 5) is 5.30. The molecule has 3 aliphatic rings. The number of benzene rings is 2. The Morgan fingerprint density at radius 2 is 1.74 bits per heavy atom. The van der Waals surface area contributed by atoms with Crippen LogP contribution in [0.5, 0.6) is 5.75 Å². The van der Waals surface area contributed by atoms with Gasteiger partial charge in [0.1, 0.15) is 5.75 Å². The van der Waals surface area contributed by atoms with Crippen molar-refractivity contribution >= 4 is 11.4 Å². The summed E-state index contributed by atoms with van der Waals surface area (Å²) in [5.41, 5.74) is 6.42. The van der Waals surface area contributed by atoms with E-state index in [1.807, 2.05) is 0 Å². The van der Waals surface area contributed by atoms with E-state index in [1.165, 1.54) is 48.3 Å². The number of piperazine rings is 1. The summed E-state index contributed by atoms with van der Waals surface area (Å²) >= 11 is 0. The van der Waals surface area contributed by atoms with Crippen molar-refractivity contribution in [3.05, 3.63) is 53.1 Å². The van der Waals surface area contributed by atoms with E-state index in [1.54, 1.807) is 7.11 Å². The van der Waals surface area contributed by atoms with Gasteiger partial charge in [0.25, 0.3) is 0 Å². The molecule has 0 radical (unpaired) electrons. The number of hydrogen-bond acceptors (Lipinski definition) is 5. The van der Waals surface area contributed by atoms with Gasteiger partial charge >= 0.3 is 0 Å². The van der Waals surface area contributed by atoms with Crippen LogP contribution in [0.4, 0.5) is 11.4 Å². The van der Waals surface area contributed by atoms with Crippen molar-refractivity contribution in [3.63, 3.8) is 0 Å². The molecule has 0 saturated carbocycles. The number of nitrogens with one attached hydrogen (secondary N) is 1. The van der Waals surface area contributed by atoms with Gasteiger partial charge in [-0.3, -0.25) is 9.80 Å². The molecule has 0 atom stereocenters. The Labute approximate surface area is 186 Å². The molecule has 1 N–H and O–H groups in total. The average Bonchev–Trinajstić information content (AvgIpc) is 2.80. The van der Waals surface area contributed by atoms with Gasteiger partial charge in [0.05, 0.1) is 7.11 Å². The topological polar surface area (TPSA) is 37.0 Å². The van der Waals surface area contributed by atoms with Gasteiger partial charge in [0, 0.05) is 74.8 Å². The van der Waals surface area contributed by atoms with E-state index in [0.717, 1.165) is 50.3 Å². The molecular formula is C26H35N3O2. The number of nitrogens with zero attached hydrogens (tertiary/aromatic N) is 2. The summed E-state index contributed by atoms with van der Waals surface area (Å²) in [6.45, 7) is 12.2. The van der Waals surface area contributed by atoms with Crippen LogP contribution in [0.15, 0.2) is 36.4 Å². The SMILES string of the molecule is COc1ccc2c(c1)Nc1ccc(CN3CCN(C4CCOCC4)CC3)cc1C2(C)C. The molecule has 3 aliphatic heterocycles. The van der Waals surface area contributed by atoms with Crippen molar-refractivity contribution in [2.75, 3.05) is 51.8 Å². The highest BCUT2D eigenvalue weighted by atomic mass is 16.5. The van der Waals surface area contributed by atoms with Crippen molar-refractivity contribution < 1.29 is 9.47 Å². The first-order chi connectivity index (χ1) is 15.0. The summed E-state index contributed by atoms with van der Waals surface area (Å²) in [6.07, 6.45) is 2.39. The fourth-order valence-electron chi connectivity index (χ4n) is 5.50. The Bertz CT molecular complexity index is 928. The zero-order chi connectivity index (χ0) is 21.4. The molecule has 0 aliphatic carbocycles. The largest absolute Gasteiger partial charge is 0.497 e. The number of methoxy groups -OCH3 is 1. The standard InChI is InChI=1S/C26H35N3O2/c1-26(2)22-6-5-21(30-3)17-25(22)27-24-7-4-19(16-23(24)26)18-28-10-12-29(13-11-28)20-8-14-31-15-9-20/h4-7,16-17,20,27H,8-15,18H2,1-3H3. The molecule has 0 bridgehead atoms. The van der Waals surface area contributed by atoms with Gasteiger partial charge in [-0.15, -0.1) is 0 Å². The lowest BCUT2D eigenvalue weighted by molar-refractivity contribution is 0.0126. The van der Waals surface area contributed by atoms with Crippen molar-refractivity contribution in [1.29, 1.82) is 0 Å². The Kier molecular flexibility index (Phi) is 5.67. The summed E-state index contributed by atoms with van der Waals surface area (Å²) in [7, 11) is 1.72. The maximum absolute atomic E-state index is 5.54. The second-order valence-electron chi connectivity index (χ2n) is 9.70. The molecule has 0 unspecified atom stereocenters. The van der Waals surface area contributed by atoms with Crippen molar-refractivity contribution in [1.82, 2.24) is 9.80 Å². The number of ether oxygens (including phenoxy) is 2. The Balaban J connectivity index is 1.28. The third-order valence-electron chi connectivity index (χ3n) is 7.45. The van der Waals surface area contributed by atoms with Crippen LogP contribution in [-0.4, -0.2) is 62.3 Å². The Hall–Kier alpha value is -2.08. The van der Waals surface area contributed by atoms with Gasteiger partial charge in [0.15, 0.2) is 0 Å². The predicted octanol–water partition coefficient (Wildman–Crippen LogP) is 4.37. The lowest BCUT2D eigenvalue weighted by Crippen LogP contribution is -2.51. The smallest absolute Gasteiger partial charge is 0.120 e. The zero-order valence-corrected chi connectivity index (χ0v) is 19.1. The number of fused-ring (bicyclic) bond motifs is 2. The number of hydrogen-bond donors (Lipinski definition) is 1. The van der Waals surface area contributed by atoms with Crippen molar-refractivity contribution in [2.45, 2.75) is 44.7 Å². The molecule has 5 nitrogen and oxygen atoms in total. The Morgan fingerprint density at radius 3 is 2.48 bits per heavy atom. The summed E-state index contributed by atoms with van der Waals surface area (Å²) in [5.74, 6) is 0.891. The first-order valence-electron chi connectivity index (χ1n) is 11.7. The number of rotatable bonds is 4. The van der Waals surface area contributed by atoms with Crippen LogP contribution < -0.4 is 10.1 Å². The average molecular weight is 422 g/mol. The molecule has 0 aromatic heterocycles. The van der Waals surface area contributed by atoms with Crippen molar-refractivity contribution in [2.24, 2.45) is 0 Å². The van der Waals surface area contributed by atoms with Gasteiger partial charge < -0.3 is 14.8 Å². The van der Waals surface area contributed by atoms with Crippen LogP contribution in [0.2, 0.25) is 0 Å². The van der Waals surface area contributed by atoms with Gasteiger partial charge in [-0.2, -0.15) is 0 Å². The highest BCUT2D eigenvalue weighted by molar-refractivity contribution is 5.76. The third-order valence-corrected chi connectivity index (χ3v) is 7.45. The minimum absolute atomic E-state index is 0.0417. The molecule has 31 heavy (non-hydrogen) atoms. The molecule has 2 aromatic carbocycles. The number of anilines is 2. The molecule has 0 spiro atoms. The second-order valence-corrected chi connectivity index (χ2v) is 9.70. The lowest BCUT2D eigenvalue weighted by Gasteiger charge is -2.41. The molecule has 166 valence electrons. The van der Waals surface area contributed by atoms with E-state index in [4.69, 9.17) is 9.47 Å². The zero-order valence-electron chi connectivity index (χ0n) is 19.1. The van der Waals surface area contributed by atoms with Gasteiger partial charge in [0.2, 0.25) is 0 Å². The fraction of sp³-hybridized carbons (Fsp3) is 0.538. The quantitative estimate of drug-likeness (QED) is 0.793. The monoisotopic (exact) mass is 421 g/mol. The van der Waals surface area contributed by atoms with Crippen LogP contribution in [-0.2, 0) is 16.7 Å². The minimum atomic E-state index is -0.0417. The van der Waals surface area contributed by atoms with Crippen LogP contribution in [0.1, 0.15) is 43.4 Å². The van der Waals surface area contributed by atoms with Crippen LogP contribution in [0.3, 0.4) is 0 Å². The van der Waals surface area contributed by atoms with Crippen LogP contribution in [0.25, 0.3) is 0 Å². The van der Waals surface area contributed by atoms with Gasteiger partial charge in [-0.25, -0.2) is 0 Å². The van der Waals surface area contributed by atoms with E-state index in [2.05, 4.69) is 65.4 Å². The fourth-order valence-corrected chi connectivity index (χ4v) is 5.50. The lowest BCUT2D eigenvalue weighted by atomic mass is 9.74. The summed E-state index contributed by atoms with van der Waals surface area (Å²) in [5, 5.41) is 3.63. The third kappa shape index (κ3) is 4.07. The first kappa shape index (κ1) is 20.8. The molecule has 5 heteroatoms. The molecule has 5 rings (SSSR count). The van der Waals surface area contributed by atoms with Gasteiger partial charge in [-0.1, -0.05) is 32.0 Å². The predicted molar refractivity (Wildman–Crippen MR) is 126 cm³/mol. The van der Waals surface area contributed by atoms with E-state index in [-0.39, 0.29) is 5.41 Å². The van der Waals surface area contributed by atoms with Crippen molar-refractivity contribution in [3.8, 4) is 5.75 Å². The van der Waals surface area contributed by atoms with E-state index >= 15 is 0 Å². The van der Waals surface area contributed by atoms with Crippen LogP contribution in [0, 0.1) is 0 Å². The van der Waals surface area contributed by atoms with E-state index in [9.17, 15) is 0 Å². The Morgan fingerprint density at radius 1 is 0.968 bits per heavy atom. The molecule has 0 amide bonds. The van der Waals surface area contributed by atoms with E-state index in [0.29, 0.717) is 0 Å². The highest BCUT2D eigenvalue weighted by Gasteiger charge is 2.33.